The number of halogens is 2. The maximum absolute atomic E-state index is 4.76. The second kappa shape index (κ2) is 8.90. The molecule has 0 aromatic carbocycles. The van der Waals surface area contributed by atoms with Crippen molar-refractivity contribution < 1.29 is 18.6 Å². The van der Waals surface area contributed by atoms with Crippen LogP contribution in [-0.4, -0.2) is 5.34 Å². The fourth-order valence-electron chi connectivity index (χ4n) is 0. The van der Waals surface area contributed by atoms with Gasteiger partial charge in [0, 0.05) is 18.6 Å². The van der Waals surface area contributed by atoms with Crippen LogP contribution in [0, 0.1) is 0 Å². The third-order valence-electron chi connectivity index (χ3n) is 0. The molecule has 0 heterocycles. The van der Waals surface area contributed by atoms with E-state index in [2.05, 4.69) is 0 Å². The summed E-state index contributed by atoms with van der Waals surface area (Å²) in [5, 5.41) is 0.194. The van der Waals surface area contributed by atoms with Gasteiger partial charge in [-0.05, 0) is 0 Å². The zero-order valence-electron chi connectivity index (χ0n) is 1.91. The van der Waals surface area contributed by atoms with Crippen molar-refractivity contribution >= 4 is 23.2 Å². The minimum Gasteiger partial charge on any atom is -0.109 e. The Morgan fingerprint density at radius 3 is 1.25 bits per heavy atom. The van der Waals surface area contributed by atoms with Crippen LogP contribution >= 0.6 is 23.2 Å². The van der Waals surface area contributed by atoms with Gasteiger partial charge in [-0.3, -0.25) is 0 Å². The standard InChI is InChI=1S/CH2Cl2.V/c2-1-3;/h1H2;. The number of alkyl halides is 2. The van der Waals surface area contributed by atoms with Crippen molar-refractivity contribution in [2.75, 3.05) is 5.34 Å². The Bertz CT molecular complexity index is 6.00. The van der Waals surface area contributed by atoms with Crippen LogP contribution in [0.1, 0.15) is 0 Å². The van der Waals surface area contributed by atoms with E-state index < -0.39 is 0 Å². The number of rotatable bonds is 0. The minimum absolute atomic E-state index is 0. The van der Waals surface area contributed by atoms with Crippen molar-refractivity contribution in [3.05, 3.63) is 0 Å². The first-order valence-electron chi connectivity index (χ1n) is 0.535. The predicted molar refractivity (Wildman–Crippen MR) is 16.6 cm³/mol. The summed E-state index contributed by atoms with van der Waals surface area (Å²) in [6.45, 7) is 0. The Balaban J connectivity index is 0. The van der Waals surface area contributed by atoms with Gasteiger partial charge in [-0.1, -0.05) is 0 Å². The molecule has 0 amide bonds. The average Bonchev–Trinajstić information content (AvgIpc) is 0.918. The van der Waals surface area contributed by atoms with Gasteiger partial charge >= 0.3 is 0 Å². The van der Waals surface area contributed by atoms with E-state index in [1.807, 2.05) is 0 Å². The SMILES string of the molecule is ClCCl.[V]. The fourth-order valence-corrected chi connectivity index (χ4v) is 0. The fraction of sp³-hybridized carbons (Fsp3) is 1.00. The predicted octanol–water partition coefficient (Wildman–Crippen LogP) is 1.42. The molecule has 4 heavy (non-hydrogen) atoms. The number of hydrogen-bond donors (Lipinski definition) is 0. The second-order valence-electron chi connectivity index (χ2n) is 0.101. The van der Waals surface area contributed by atoms with Crippen molar-refractivity contribution in [3.8, 4) is 0 Å². The molecule has 1 radical (unpaired) electrons. The summed E-state index contributed by atoms with van der Waals surface area (Å²) < 4.78 is 0. The van der Waals surface area contributed by atoms with Crippen LogP contribution in [0.5, 0.6) is 0 Å². The van der Waals surface area contributed by atoms with Crippen molar-refractivity contribution in [3.63, 3.8) is 0 Å². The summed E-state index contributed by atoms with van der Waals surface area (Å²) in [6, 6.07) is 0. The molecule has 0 rings (SSSR count). The normalized spacial score (nSPS) is 4.50. The molecule has 0 atom stereocenters. The third-order valence-corrected chi connectivity index (χ3v) is 0. The zero-order valence-corrected chi connectivity index (χ0v) is 4.82. The molecule has 0 aliphatic rings. The van der Waals surface area contributed by atoms with E-state index in [0.29, 0.717) is 0 Å². The first kappa shape index (κ1) is 8.94. The molecular formula is CH2Cl2V. The van der Waals surface area contributed by atoms with Gasteiger partial charge in [0.2, 0.25) is 0 Å². The van der Waals surface area contributed by atoms with Gasteiger partial charge < -0.3 is 0 Å². The quantitative estimate of drug-likeness (QED) is 0.441. The van der Waals surface area contributed by atoms with E-state index in [9.17, 15) is 0 Å². The van der Waals surface area contributed by atoms with Crippen molar-refractivity contribution in [1.82, 2.24) is 0 Å². The van der Waals surface area contributed by atoms with Crippen LogP contribution in [0.15, 0.2) is 0 Å². The topological polar surface area (TPSA) is 0 Å². The Morgan fingerprint density at radius 2 is 1.25 bits per heavy atom. The summed E-state index contributed by atoms with van der Waals surface area (Å²) in [7, 11) is 0. The Labute approximate surface area is 47.4 Å². The molecule has 0 nitrogen and oxygen atoms in total. The first-order chi connectivity index (χ1) is 1.41. The van der Waals surface area contributed by atoms with Crippen LogP contribution in [-0.2, 0) is 18.6 Å². The third kappa shape index (κ3) is 10.9. The summed E-state index contributed by atoms with van der Waals surface area (Å²) >= 11 is 9.53. The van der Waals surface area contributed by atoms with E-state index in [1.54, 1.807) is 0 Å². The molecule has 0 aromatic rings. The molecule has 0 spiro atoms. The van der Waals surface area contributed by atoms with Gasteiger partial charge in [-0.2, -0.15) is 0 Å². The van der Waals surface area contributed by atoms with Gasteiger partial charge in [0.1, 0.15) is 0 Å². The maximum atomic E-state index is 4.76. The molecule has 3 heteroatoms. The van der Waals surface area contributed by atoms with Gasteiger partial charge in [0.25, 0.3) is 0 Å². The second-order valence-corrected chi connectivity index (χ2v) is 0.909. The molecule has 0 unspecified atom stereocenters. The Hall–Kier alpha value is 1.16. The monoisotopic (exact) mass is 135 g/mol. The molecule has 0 aromatic heterocycles. The van der Waals surface area contributed by atoms with Crippen LogP contribution in [0.25, 0.3) is 0 Å². The number of hydrogen-bond acceptors (Lipinski definition) is 0. The Morgan fingerprint density at radius 1 is 1.25 bits per heavy atom. The molecule has 0 saturated carbocycles. The minimum atomic E-state index is 0. The van der Waals surface area contributed by atoms with Crippen LogP contribution in [0.4, 0.5) is 0 Å². The summed E-state index contributed by atoms with van der Waals surface area (Å²) in [5.74, 6) is 0. The van der Waals surface area contributed by atoms with Crippen LogP contribution in [0.2, 0.25) is 0 Å². The van der Waals surface area contributed by atoms with E-state index >= 15 is 0 Å². The molecule has 0 aliphatic heterocycles. The zero-order chi connectivity index (χ0) is 2.71. The molecule has 0 fully saturated rings. The van der Waals surface area contributed by atoms with E-state index in [4.69, 9.17) is 23.2 Å². The molecule has 0 saturated heterocycles. The summed E-state index contributed by atoms with van der Waals surface area (Å²) in [4.78, 5) is 0. The van der Waals surface area contributed by atoms with E-state index in [0.717, 1.165) is 0 Å². The van der Waals surface area contributed by atoms with Gasteiger partial charge in [-0.15, -0.1) is 23.2 Å². The Kier molecular flexibility index (Phi) is 19.9. The molecular weight excluding hydrogens is 134 g/mol. The van der Waals surface area contributed by atoms with Gasteiger partial charge in [0.05, 0.1) is 5.34 Å². The smallest absolute Gasteiger partial charge is 0.0967 e. The van der Waals surface area contributed by atoms with Gasteiger partial charge in [-0.25, -0.2) is 0 Å². The average molecular weight is 136 g/mol. The first-order valence-corrected chi connectivity index (χ1v) is 1.60. The molecule has 0 aliphatic carbocycles. The maximum Gasteiger partial charge on any atom is 0.0967 e. The van der Waals surface area contributed by atoms with E-state index in [1.165, 1.54) is 0 Å². The van der Waals surface area contributed by atoms with Crippen molar-refractivity contribution in [1.29, 1.82) is 0 Å². The van der Waals surface area contributed by atoms with Gasteiger partial charge in [0.15, 0.2) is 0 Å². The van der Waals surface area contributed by atoms with Crippen LogP contribution < -0.4 is 0 Å². The van der Waals surface area contributed by atoms with E-state index in [-0.39, 0.29) is 23.9 Å². The van der Waals surface area contributed by atoms with Crippen molar-refractivity contribution in [2.24, 2.45) is 0 Å². The molecule has 0 bridgehead atoms. The van der Waals surface area contributed by atoms with Crippen LogP contribution in [0.3, 0.4) is 0 Å². The summed E-state index contributed by atoms with van der Waals surface area (Å²) in [6.07, 6.45) is 0. The largest absolute Gasteiger partial charge is 0.109 e. The summed E-state index contributed by atoms with van der Waals surface area (Å²) in [5.41, 5.74) is 0. The molecule has 25 valence electrons. The molecule has 0 N–H and O–H groups in total. The van der Waals surface area contributed by atoms with Crippen molar-refractivity contribution in [2.45, 2.75) is 0 Å².